The van der Waals surface area contributed by atoms with E-state index in [-0.39, 0.29) is 36.6 Å². The van der Waals surface area contributed by atoms with Gasteiger partial charge in [0.2, 0.25) is 11.8 Å². The maximum absolute atomic E-state index is 6.15. The summed E-state index contributed by atoms with van der Waals surface area (Å²) in [5.41, 5.74) is 8.90. The van der Waals surface area contributed by atoms with Gasteiger partial charge in [-0.2, -0.15) is 9.97 Å². The quantitative estimate of drug-likeness (QED) is 0.0729. The third-order valence-corrected chi connectivity index (χ3v) is 12.9. The van der Waals surface area contributed by atoms with Gasteiger partial charge in [0.25, 0.3) is 0 Å². The van der Waals surface area contributed by atoms with E-state index in [0.717, 1.165) is 71.7 Å². The molecule has 0 saturated carbocycles. The zero-order chi connectivity index (χ0) is 45.0. The highest BCUT2D eigenvalue weighted by Gasteiger charge is 2.52. The zero-order valence-electron chi connectivity index (χ0n) is 40.0. The number of ether oxygens (including phenoxy) is 3. The van der Waals surface area contributed by atoms with Gasteiger partial charge in [0.05, 0.1) is 49.4 Å². The van der Waals surface area contributed by atoms with Crippen LogP contribution in [0.1, 0.15) is 118 Å². The second kappa shape index (κ2) is 24.7. The van der Waals surface area contributed by atoms with Crippen molar-refractivity contribution in [2.45, 2.75) is 124 Å². The minimum Gasteiger partial charge on any atom is -1.00 e. The molecule has 348 valence electrons. The van der Waals surface area contributed by atoms with Gasteiger partial charge in [-0.05, 0) is 130 Å². The van der Waals surface area contributed by atoms with Gasteiger partial charge in [0, 0.05) is 18.4 Å². The number of nitrogens with zero attached hydrogens (tertiary/aromatic N) is 4. The molecule has 0 N–H and O–H groups in total. The molecule has 1 aliphatic heterocycles. The highest BCUT2D eigenvalue weighted by atomic mass is 79.9. The van der Waals surface area contributed by atoms with Crippen LogP contribution in [0.5, 0.6) is 11.8 Å². The van der Waals surface area contributed by atoms with Gasteiger partial charge in [-0.15, -0.1) is 0 Å². The topological polar surface area (TPSA) is 97.7 Å². The molecule has 2 aromatic heterocycles. The Labute approximate surface area is 396 Å². The molecule has 1 fully saturated rings. The van der Waals surface area contributed by atoms with E-state index in [4.69, 9.17) is 28.5 Å². The largest absolute Gasteiger partial charge is 1.00 e. The van der Waals surface area contributed by atoms with Gasteiger partial charge in [0.15, 0.2) is 0 Å². The van der Waals surface area contributed by atoms with Crippen LogP contribution in [-0.2, 0) is 33.5 Å². The van der Waals surface area contributed by atoms with Gasteiger partial charge >= 0.3 is 7.12 Å². The molecule has 8 rings (SSSR count). The lowest BCUT2D eigenvalue weighted by Crippen LogP contribution is -3.00. The summed E-state index contributed by atoms with van der Waals surface area (Å²) in [6.45, 7) is 15.2. The van der Waals surface area contributed by atoms with E-state index in [1.54, 1.807) is 14.2 Å². The number of allylic oxidation sites excluding steroid dienone is 3. The maximum Gasteiger partial charge on any atom is 0.490 e. The highest BCUT2D eigenvalue weighted by molar-refractivity contribution is 9.10. The SMILES string of the molecule is CC1CC=C(B2OC(C)(C)C(C)(C)O2)CC1.COc1nc(C)nc(Br)c1Cc1ccccc1.COc1nc(C)nc(C2=CCC(OCc3ccccc3)CC2)c1Cc1ccccc1.[CH3-].[F-]. The summed E-state index contributed by atoms with van der Waals surface area (Å²) in [5, 5.41) is 0. The summed E-state index contributed by atoms with van der Waals surface area (Å²) in [4.78, 5) is 17.9. The summed E-state index contributed by atoms with van der Waals surface area (Å²) in [6.07, 6.45) is 12.7. The maximum atomic E-state index is 6.15. The van der Waals surface area contributed by atoms with Crippen LogP contribution >= 0.6 is 15.9 Å². The lowest BCUT2D eigenvalue weighted by atomic mass is 9.71. The lowest BCUT2D eigenvalue weighted by molar-refractivity contribution is -0.0000201. The fourth-order valence-corrected chi connectivity index (χ4v) is 8.34. The van der Waals surface area contributed by atoms with Crippen LogP contribution in [0.25, 0.3) is 5.57 Å². The Kier molecular flexibility index (Phi) is 20.1. The van der Waals surface area contributed by atoms with E-state index in [1.807, 2.05) is 44.2 Å². The molecule has 9 nitrogen and oxygen atoms in total. The van der Waals surface area contributed by atoms with Crippen LogP contribution in [0.4, 0.5) is 0 Å². The Bertz CT molecular complexity index is 2300. The first-order valence-corrected chi connectivity index (χ1v) is 23.0. The standard InChI is InChI=1S/C26H28N2O2.C13H23BO2.C13H13BrN2O.CH3.FH/c1-19-27-25(24(26(28-19)29-2)17-20-9-5-3-6-10-20)22-13-15-23(16-14-22)30-18-21-11-7-4-8-12-21;1-10-6-8-11(9-7-10)14-15-12(2,3)13(4,5)16-14;1-9-15-12(14)11(13(16-9)17-2)8-10-6-4-3-5-7-10;;/h3-13,23H,14-18H2,1-2H3;8,10H,6-7,9H2,1-5H3;3-7H,8H2,1-2H3;1H3;1H/q;;;-1;/p-1. The first kappa shape index (κ1) is 52.9. The molecule has 3 aromatic carbocycles. The van der Waals surface area contributed by atoms with Crippen LogP contribution in [-0.4, -0.2) is 58.6 Å². The molecule has 3 aliphatic rings. The van der Waals surface area contributed by atoms with Crippen LogP contribution < -0.4 is 14.2 Å². The summed E-state index contributed by atoms with van der Waals surface area (Å²) in [7, 11) is 3.20. The number of halogens is 2. The van der Waals surface area contributed by atoms with Gasteiger partial charge in [-0.25, -0.2) is 9.97 Å². The van der Waals surface area contributed by atoms with Crippen molar-refractivity contribution in [2.24, 2.45) is 5.92 Å². The van der Waals surface area contributed by atoms with Gasteiger partial charge in [-0.3, -0.25) is 0 Å². The van der Waals surface area contributed by atoms with E-state index in [0.29, 0.717) is 24.2 Å². The highest BCUT2D eigenvalue weighted by Crippen LogP contribution is 2.41. The molecular formula is C53H67BBrFN4O5-2. The van der Waals surface area contributed by atoms with E-state index in [9.17, 15) is 0 Å². The summed E-state index contributed by atoms with van der Waals surface area (Å²) < 4.78 is 30.0. The third-order valence-electron chi connectivity index (χ3n) is 12.2. The van der Waals surface area contributed by atoms with Crippen LogP contribution in [0, 0.1) is 27.2 Å². The molecule has 1 saturated heterocycles. The number of hydrogen-bond acceptors (Lipinski definition) is 9. The van der Waals surface area contributed by atoms with Crippen molar-refractivity contribution in [3.05, 3.63) is 166 Å². The molecule has 2 aliphatic carbocycles. The Morgan fingerprint density at radius 2 is 1.17 bits per heavy atom. The zero-order valence-corrected chi connectivity index (χ0v) is 41.6. The molecule has 0 bridgehead atoms. The molecule has 2 unspecified atom stereocenters. The minimum atomic E-state index is -0.207. The van der Waals surface area contributed by atoms with E-state index < -0.39 is 0 Å². The van der Waals surface area contributed by atoms with Crippen molar-refractivity contribution in [2.75, 3.05) is 14.2 Å². The molecule has 65 heavy (non-hydrogen) atoms. The van der Waals surface area contributed by atoms with Gasteiger partial charge < -0.3 is 35.7 Å². The second-order valence-electron chi connectivity index (χ2n) is 17.7. The molecule has 12 heteroatoms. The average Bonchev–Trinajstić information content (AvgIpc) is 3.51. The normalized spacial score (nSPS) is 18.2. The smallest absolute Gasteiger partial charge is 0.490 e. The number of aromatic nitrogens is 4. The van der Waals surface area contributed by atoms with Crippen LogP contribution in [0.2, 0.25) is 0 Å². The number of rotatable bonds is 11. The van der Waals surface area contributed by atoms with Crippen molar-refractivity contribution in [3.63, 3.8) is 0 Å². The number of hydrogen-bond donors (Lipinski definition) is 0. The predicted molar refractivity (Wildman–Crippen MR) is 263 cm³/mol. The fraction of sp³-hybridized carbons (Fsp3) is 0.415. The van der Waals surface area contributed by atoms with Crippen molar-refractivity contribution in [1.29, 1.82) is 0 Å². The van der Waals surface area contributed by atoms with E-state index in [2.05, 4.69) is 138 Å². The predicted octanol–water partition coefficient (Wildman–Crippen LogP) is 9.50. The van der Waals surface area contributed by atoms with Gasteiger partial charge in [0.1, 0.15) is 16.3 Å². The second-order valence-corrected chi connectivity index (χ2v) is 18.4. The minimum absolute atomic E-state index is 0. The fourth-order valence-electron chi connectivity index (χ4n) is 7.78. The molecule has 3 heterocycles. The first-order valence-electron chi connectivity index (χ1n) is 22.2. The monoisotopic (exact) mass is 948 g/mol. The Hall–Kier alpha value is -4.75. The molecule has 0 radical (unpaired) electrons. The van der Waals surface area contributed by atoms with Crippen molar-refractivity contribution in [1.82, 2.24) is 19.9 Å². The molecule has 5 aromatic rings. The summed E-state index contributed by atoms with van der Waals surface area (Å²) >= 11 is 3.47. The molecule has 2 atom stereocenters. The Balaban J connectivity index is 0.000000226. The molecule has 0 amide bonds. The Morgan fingerprint density at radius 1 is 0.662 bits per heavy atom. The van der Waals surface area contributed by atoms with Crippen molar-refractivity contribution < 1.29 is 28.2 Å². The van der Waals surface area contributed by atoms with Crippen molar-refractivity contribution >= 4 is 28.6 Å². The van der Waals surface area contributed by atoms with E-state index in [1.165, 1.54) is 40.6 Å². The molecule has 0 spiro atoms. The summed E-state index contributed by atoms with van der Waals surface area (Å²) in [5.74, 6) is 3.55. The first-order chi connectivity index (χ1) is 30.2. The Morgan fingerprint density at radius 3 is 1.66 bits per heavy atom. The van der Waals surface area contributed by atoms with E-state index >= 15 is 0 Å². The van der Waals surface area contributed by atoms with Gasteiger partial charge in [-0.1, -0.05) is 110 Å². The average molecular weight is 950 g/mol. The van der Waals surface area contributed by atoms with Crippen molar-refractivity contribution in [3.8, 4) is 11.8 Å². The van der Waals surface area contributed by atoms with Crippen LogP contribution in [0.15, 0.2) is 113 Å². The number of methoxy groups -OCH3 is 2. The lowest BCUT2D eigenvalue weighted by Gasteiger charge is -2.32. The number of aryl methyl sites for hydroxylation is 2. The summed E-state index contributed by atoms with van der Waals surface area (Å²) in [6, 6.07) is 31.0. The van der Waals surface area contributed by atoms with Crippen LogP contribution in [0.3, 0.4) is 0 Å². The number of benzene rings is 3. The third kappa shape index (κ3) is 14.6. The molecular weight excluding hydrogens is 882 g/mol.